The molecule has 6 rings (SSSR count). The Hall–Kier alpha value is -5.66. The quantitative estimate of drug-likeness (QED) is 0.279. The number of fused-ring (bicyclic) bond motifs is 1. The van der Waals surface area contributed by atoms with Gasteiger partial charge in [0.15, 0.2) is 5.82 Å². The largest absolute Gasteiger partial charge is 0.490 e. The van der Waals surface area contributed by atoms with Crippen LogP contribution in [0.3, 0.4) is 0 Å². The SMILES string of the molecule is Cc1cc(-c2ncn(-c3ccc(Nc4ncc5ccc(-c6cnn(C)c6)cc5n4)cc3)n2)ccn1.O=C(O)C(F)(F)F. The molecule has 0 aliphatic rings. The summed E-state index contributed by atoms with van der Waals surface area (Å²) >= 11 is 0. The molecule has 0 aliphatic carbocycles. The van der Waals surface area contributed by atoms with Crippen molar-refractivity contribution in [2.24, 2.45) is 7.05 Å². The average molecular weight is 574 g/mol. The summed E-state index contributed by atoms with van der Waals surface area (Å²) in [6.07, 6.45) is 4.04. The Kier molecular flexibility index (Phi) is 7.60. The lowest BCUT2D eigenvalue weighted by atomic mass is 10.1. The minimum Gasteiger partial charge on any atom is -0.475 e. The standard InChI is InChI=1S/C26H21N9.C2HF3O2/c1-17-11-19(9-10-27-17)25-29-16-35(33-25)23-7-5-22(6-8-23)31-26-28-13-20-4-3-18(12-24(20)32-26)21-14-30-34(2)15-21;3-2(4,5)1(6)7/h3-16H,1-2H3,(H,28,31,32);(H,6,7). The lowest BCUT2D eigenvalue weighted by molar-refractivity contribution is -0.192. The lowest BCUT2D eigenvalue weighted by Crippen LogP contribution is -2.21. The van der Waals surface area contributed by atoms with Crippen LogP contribution < -0.4 is 5.32 Å². The molecular weight excluding hydrogens is 551 g/mol. The van der Waals surface area contributed by atoms with Gasteiger partial charge < -0.3 is 10.4 Å². The predicted octanol–water partition coefficient (Wildman–Crippen LogP) is 5.36. The second kappa shape index (κ2) is 11.4. The van der Waals surface area contributed by atoms with Gasteiger partial charge in [0.25, 0.3) is 0 Å². The van der Waals surface area contributed by atoms with Crippen molar-refractivity contribution in [2.45, 2.75) is 13.1 Å². The number of pyridine rings is 1. The summed E-state index contributed by atoms with van der Waals surface area (Å²) in [5.41, 5.74) is 6.62. The van der Waals surface area contributed by atoms with Gasteiger partial charge in [-0.1, -0.05) is 12.1 Å². The van der Waals surface area contributed by atoms with E-state index in [1.807, 2.05) is 75.0 Å². The molecule has 0 saturated heterocycles. The molecule has 2 aromatic carbocycles. The molecule has 0 amide bonds. The highest BCUT2D eigenvalue weighted by atomic mass is 19.4. The number of hydrogen-bond acceptors (Lipinski definition) is 8. The molecule has 0 radical (unpaired) electrons. The molecule has 11 nitrogen and oxygen atoms in total. The first-order valence-electron chi connectivity index (χ1n) is 12.3. The van der Waals surface area contributed by atoms with E-state index in [1.165, 1.54) is 0 Å². The average Bonchev–Trinajstić information content (AvgIpc) is 3.63. The molecule has 0 bridgehead atoms. The third kappa shape index (κ3) is 6.55. The number of carboxylic acids is 1. The van der Waals surface area contributed by atoms with E-state index in [1.54, 1.807) is 21.9 Å². The first-order chi connectivity index (χ1) is 20.0. The van der Waals surface area contributed by atoms with Crippen LogP contribution in [0.5, 0.6) is 0 Å². The summed E-state index contributed by atoms with van der Waals surface area (Å²) in [6, 6.07) is 17.9. The molecule has 212 valence electrons. The van der Waals surface area contributed by atoms with Gasteiger partial charge in [0.1, 0.15) is 6.33 Å². The fourth-order valence-electron chi connectivity index (χ4n) is 3.86. The van der Waals surface area contributed by atoms with E-state index >= 15 is 0 Å². The first-order valence-corrected chi connectivity index (χ1v) is 12.3. The van der Waals surface area contributed by atoms with Crippen molar-refractivity contribution in [3.05, 3.63) is 91.4 Å². The van der Waals surface area contributed by atoms with Crippen molar-refractivity contribution in [1.82, 2.24) is 39.5 Å². The molecule has 4 aromatic heterocycles. The first kappa shape index (κ1) is 27.9. The maximum Gasteiger partial charge on any atom is 0.490 e. The van der Waals surface area contributed by atoms with E-state index in [0.717, 1.165) is 44.7 Å². The zero-order valence-electron chi connectivity index (χ0n) is 22.1. The van der Waals surface area contributed by atoms with Crippen LogP contribution in [0.2, 0.25) is 0 Å². The monoisotopic (exact) mass is 573 g/mol. The van der Waals surface area contributed by atoms with Crippen LogP contribution in [0, 0.1) is 6.92 Å². The smallest absolute Gasteiger partial charge is 0.475 e. The van der Waals surface area contributed by atoms with Gasteiger partial charge in [-0.3, -0.25) is 9.67 Å². The number of aryl methyl sites for hydroxylation is 2. The van der Waals surface area contributed by atoms with Crippen LogP contribution in [0.25, 0.3) is 39.1 Å². The molecule has 6 aromatic rings. The van der Waals surface area contributed by atoms with Gasteiger partial charge in [0, 0.05) is 53.5 Å². The number of aliphatic carboxylic acids is 1. The number of hydrogen-bond donors (Lipinski definition) is 2. The number of rotatable bonds is 5. The Morgan fingerprint density at radius 3 is 2.36 bits per heavy atom. The lowest BCUT2D eigenvalue weighted by Gasteiger charge is -2.08. The van der Waals surface area contributed by atoms with E-state index < -0.39 is 12.1 Å². The number of benzene rings is 2. The van der Waals surface area contributed by atoms with Crippen molar-refractivity contribution in [3.63, 3.8) is 0 Å². The molecular formula is C28H22F3N9O2. The fourth-order valence-corrected chi connectivity index (χ4v) is 3.86. The highest BCUT2D eigenvalue weighted by Crippen LogP contribution is 2.24. The molecule has 0 saturated carbocycles. The molecule has 42 heavy (non-hydrogen) atoms. The van der Waals surface area contributed by atoms with Gasteiger partial charge in [0.2, 0.25) is 5.95 Å². The Morgan fingerprint density at radius 1 is 0.929 bits per heavy atom. The highest BCUT2D eigenvalue weighted by Gasteiger charge is 2.38. The molecule has 0 atom stereocenters. The number of halogens is 3. The van der Waals surface area contributed by atoms with Crippen LogP contribution in [0.4, 0.5) is 24.8 Å². The van der Waals surface area contributed by atoms with Crippen LogP contribution in [-0.2, 0) is 11.8 Å². The van der Waals surface area contributed by atoms with Gasteiger partial charge in [-0.2, -0.15) is 18.3 Å². The third-order valence-corrected chi connectivity index (χ3v) is 5.90. The summed E-state index contributed by atoms with van der Waals surface area (Å²) < 4.78 is 35.3. The van der Waals surface area contributed by atoms with Crippen molar-refractivity contribution in [1.29, 1.82) is 0 Å². The molecule has 0 spiro atoms. The Bertz CT molecular complexity index is 1870. The van der Waals surface area contributed by atoms with Crippen molar-refractivity contribution < 1.29 is 23.1 Å². The Labute approximate surface area is 236 Å². The zero-order chi connectivity index (χ0) is 29.9. The van der Waals surface area contributed by atoms with E-state index in [4.69, 9.17) is 14.9 Å². The second-order valence-corrected chi connectivity index (χ2v) is 9.04. The summed E-state index contributed by atoms with van der Waals surface area (Å²) in [7, 11) is 1.91. The van der Waals surface area contributed by atoms with E-state index in [9.17, 15) is 13.2 Å². The second-order valence-electron chi connectivity index (χ2n) is 9.04. The minimum absolute atomic E-state index is 0.532. The highest BCUT2D eigenvalue weighted by molar-refractivity contribution is 5.84. The maximum atomic E-state index is 10.6. The predicted molar refractivity (Wildman–Crippen MR) is 148 cm³/mol. The van der Waals surface area contributed by atoms with Crippen molar-refractivity contribution >= 4 is 28.5 Å². The number of alkyl halides is 3. The number of anilines is 2. The summed E-state index contributed by atoms with van der Waals surface area (Å²) in [4.78, 5) is 26.7. The van der Waals surface area contributed by atoms with Gasteiger partial charge in [-0.05, 0) is 55.0 Å². The summed E-state index contributed by atoms with van der Waals surface area (Å²) in [5.74, 6) is -1.56. The van der Waals surface area contributed by atoms with Gasteiger partial charge in [0.05, 0.1) is 17.4 Å². The van der Waals surface area contributed by atoms with Crippen LogP contribution in [0.1, 0.15) is 5.69 Å². The van der Waals surface area contributed by atoms with Gasteiger partial charge in [-0.25, -0.2) is 24.4 Å². The van der Waals surface area contributed by atoms with Crippen molar-refractivity contribution in [3.8, 4) is 28.2 Å². The zero-order valence-corrected chi connectivity index (χ0v) is 22.1. The summed E-state index contributed by atoms with van der Waals surface area (Å²) in [5, 5.41) is 20.2. The molecule has 4 heterocycles. The molecule has 0 fully saturated rings. The maximum absolute atomic E-state index is 10.6. The van der Waals surface area contributed by atoms with E-state index in [2.05, 4.69) is 42.6 Å². The summed E-state index contributed by atoms with van der Waals surface area (Å²) in [6.45, 7) is 1.95. The van der Waals surface area contributed by atoms with Gasteiger partial charge in [-0.15, -0.1) is 5.10 Å². The number of nitrogens with zero attached hydrogens (tertiary/aromatic N) is 8. The van der Waals surface area contributed by atoms with Gasteiger partial charge >= 0.3 is 12.1 Å². The molecule has 14 heteroatoms. The number of nitrogens with one attached hydrogen (secondary N) is 1. The molecule has 2 N–H and O–H groups in total. The van der Waals surface area contributed by atoms with Crippen LogP contribution in [-0.4, -0.2) is 56.7 Å². The third-order valence-electron chi connectivity index (χ3n) is 5.90. The normalized spacial score (nSPS) is 11.2. The van der Waals surface area contributed by atoms with Crippen LogP contribution >= 0.6 is 0 Å². The Morgan fingerprint density at radius 2 is 1.69 bits per heavy atom. The van der Waals surface area contributed by atoms with E-state index in [0.29, 0.717) is 11.8 Å². The number of aromatic nitrogens is 8. The topological polar surface area (TPSA) is 137 Å². The van der Waals surface area contributed by atoms with Crippen LogP contribution in [0.15, 0.2) is 85.7 Å². The van der Waals surface area contributed by atoms with Crippen molar-refractivity contribution in [2.75, 3.05) is 5.32 Å². The van der Waals surface area contributed by atoms with E-state index in [-0.39, 0.29) is 0 Å². The number of carboxylic acid groups (broad SMARTS) is 1. The minimum atomic E-state index is -5.08. The molecule has 0 aliphatic heterocycles. The fraction of sp³-hybridized carbons (Fsp3) is 0.107. The number of carbonyl (C=O) groups is 1. The Balaban J connectivity index is 0.000000451. The molecule has 0 unspecified atom stereocenters.